The summed E-state index contributed by atoms with van der Waals surface area (Å²) in [5.41, 5.74) is 2.49. The predicted octanol–water partition coefficient (Wildman–Crippen LogP) is 0.552. The number of aromatic nitrogens is 4. The monoisotopic (exact) mass is 180 g/mol. The first-order valence-electron chi connectivity index (χ1n) is 3.29. The van der Waals surface area contributed by atoms with Crippen LogP contribution in [0.3, 0.4) is 0 Å². The number of nitroso groups, excluding NO2 is 1. The van der Waals surface area contributed by atoms with E-state index >= 15 is 0 Å². The van der Waals surface area contributed by atoms with Crippen LogP contribution in [0.1, 0.15) is 0 Å². The highest BCUT2D eigenvalue weighted by Gasteiger charge is 2.08. The summed E-state index contributed by atoms with van der Waals surface area (Å²) in [6.45, 7) is 0. The summed E-state index contributed by atoms with van der Waals surface area (Å²) in [4.78, 5) is 23.9. The normalized spacial score (nSPS) is 10.2. The number of nitrogens with zero attached hydrogens (tertiary/aromatic N) is 4. The highest BCUT2D eigenvalue weighted by molar-refractivity contribution is 5.82. The number of rotatable bonds is 2. The second-order valence-electron chi connectivity index (χ2n) is 2.18. The number of imidazole rings is 1. The third-order valence-corrected chi connectivity index (χ3v) is 1.46. The molecule has 0 fully saturated rings. The van der Waals surface area contributed by atoms with E-state index in [-0.39, 0.29) is 17.4 Å². The van der Waals surface area contributed by atoms with Gasteiger partial charge < -0.3 is 4.98 Å². The maximum Gasteiger partial charge on any atom is 0.295 e. The Morgan fingerprint density at radius 1 is 1.54 bits per heavy atom. The van der Waals surface area contributed by atoms with Crippen LogP contribution in [-0.2, 0) is 0 Å². The topological polar surface area (TPSA) is 116 Å². The van der Waals surface area contributed by atoms with Crippen LogP contribution in [0.5, 0.6) is 0 Å². The minimum atomic E-state index is -0.281. The average molecular weight is 180 g/mol. The Hall–Kier alpha value is -2.09. The Labute approximate surface area is 71.0 Å². The maximum absolute atomic E-state index is 10.1. The van der Waals surface area contributed by atoms with Gasteiger partial charge in [-0.05, 0) is 0 Å². The number of hydrogen-bond donors (Lipinski definition) is 3. The molecule has 2 aromatic rings. The van der Waals surface area contributed by atoms with E-state index in [1.807, 2.05) is 5.48 Å². The lowest BCUT2D eigenvalue weighted by molar-refractivity contribution is 0.386. The third kappa shape index (κ3) is 1.08. The zero-order chi connectivity index (χ0) is 9.26. The summed E-state index contributed by atoms with van der Waals surface area (Å²) in [5, 5.41) is 11.2. The van der Waals surface area contributed by atoms with Gasteiger partial charge in [0.05, 0.1) is 6.33 Å². The second-order valence-corrected chi connectivity index (χ2v) is 2.18. The van der Waals surface area contributed by atoms with Gasteiger partial charge in [0.1, 0.15) is 5.52 Å². The van der Waals surface area contributed by atoms with Crippen molar-refractivity contribution in [2.75, 3.05) is 5.48 Å². The van der Waals surface area contributed by atoms with Crippen molar-refractivity contribution in [3.05, 3.63) is 11.2 Å². The van der Waals surface area contributed by atoms with Gasteiger partial charge in [-0.3, -0.25) is 10.7 Å². The standard InChI is InChI=1S/C5H4N6O2/c12-10-4-2-3(7-1-6-2)8-5(9-4)11-13/h1,12H,(H2,6,7,8,9,10). The molecule has 2 aromatic heterocycles. The lowest BCUT2D eigenvalue weighted by Gasteiger charge is -1.97. The predicted molar refractivity (Wildman–Crippen MR) is 42.5 cm³/mol. The third-order valence-electron chi connectivity index (χ3n) is 1.46. The van der Waals surface area contributed by atoms with E-state index in [4.69, 9.17) is 5.21 Å². The summed E-state index contributed by atoms with van der Waals surface area (Å²) in [5.74, 6) is -0.215. The van der Waals surface area contributed by atoms with Crippen molar-refractivity contribution < 1.29 is 5.21 Å². The molecule has 0 aliphatic carbocycles. The van der Waals surface area contributed by atoms with E-state index < -0.39 is 0 Å². The van der Waals surface area contributed by atoms with Crippen molar-refractivity contribution >= 4 is 22.9 Å². The molecule has 0 aliphatic rings. The van der Waals surface area contributed by atoms with Crippen molar-refractivity contribution in [3.63, 3.8) is 0 Å². The Bertz CT molecular complexity index is 451. The van der Waals surface area contributed by atoms with Gasteiger partial charge in [-0.15, -0.1) is 4.91 Å². The maximum atomic E-state index is 10.1. The van der Waals surface area contributed by atoms with Gasteiger partial charge in [0.15, 0.2) is 11.5 Å². The molecule has 8 nitrogen and oxygen atoms in total. The molecular formula is C5H4N6O2. The number of H-pyrrole nitrogens is 1. The Balaban J connectivity index is 2.77. The summed E-state index contributed by atoms with van der Waals surface area (Å²) < 4.78 is 0. The van der Waals surface area contributed by atoms with E-state index in [0.29, 0.717) is 5.52 Å². The quantitative estimate of drug-likeness (QED) is 0.459. The lowest BCUT2D eigenvalue weighted by atomic mass is 10.5. The average Bonchev–Trinajstić information content (AvgIpc) is 2.63. The summed E-state index contributed by atoms with van der Waals surface area (Å²) in [6, 6.07) is 0. The van der Waals surface area contributed by atoms with Crippen molar-refractivity contribution in [1.29, 1.82) is 0 Å². The molecule has 8 heteroatoms. The molecule has 0 bridgehead atoms. The van der Waals surface area contributed by atoms with E-state index in [2.05, 4.69) is 25.1 Å². The first-order valence-corrected chi connectivity index (χ1v) is 3.29. The molecule has 0 amide bonds. The van der Waals surface area contributed by atoms with Crippen LogP contribution in [0.2, 0.25) is 0 Å². The van der Waals surface area contributed by atoms with Gasteiger partial charge in [0, 0.05) is 5.18 Å². The summed E-state index contributed by atoms with van der Waals surface area (Å²) >= 11 is 0. The number of fused-ring (bicyclic) bond motifs is 1. The fourth-order valence-electron chi connectivity index (χ4n) is 0.943. The molecule has 0 radical (unpaired) electrons. The van der Waals surface area contributed by atoms with Crippen LogP contribution >= 0.6 is 0 Å². The lowest BCUT2D eigenvalue weighted by Crippen LogP contribution is -1.95. The van der Waals surface area contributed by atoms with Crippen molar-refractivity contribution in [2.45, 2.75) is 0 Å². The molecule has 0 saturated heterocycles. The van der Waals surface area contributed by atoms with Crippen molar-refractivity contribution in [2.24, 2.45) is 5.18 Å². The smallest absolute Gasteiger partial charge is 0.295 e. The first-order chi connectivity index (χ1) is 6.35. The zero-order valence-electron chi connectivity index (χ0n) is 6.22. The number of anilines is 1. The van der Waals surface area contributed by atoms with Crippen LogP contribution in [0.15, 0.2) is 11.5 Å². The molecule has 2 heterocycles. The van der Waals surface area contributed by atoms with E-state index in [1.54, 1.807) is 0 Å². The van der Waals surface area contributed by atoms with Gasteiger partial charge >= 0.3 is 0 Å². The molecule has 66 valence electrons. The molecule has 0 aliphatic heterocycles. The number of aromatic amines is 1. The van der Waals surface area contributed by atoms with Crippen LogP contribution in [0.4, 0.5) is 11.8 Å². The van der Waals surface area contributed by atoms with Crippen LogP contribution in [-0.4, -0.2) is 25.1 Å². The molecule has 0 spiro atoms. The summed E-state index contributed by atoms with van der Waals surface area (Å²) in [7, 11) is 0. The minimum absolute atomic E-state index is 0.0668. The molecule has 0 saturated carbocycles. The zero-order valence-corrected chi connectivity index (χ0v) is 6.22. The second kappa shape index (κ2) is 2.75. The number of nitrogens with one attached hydrogen (secondary N) is 2. The van der Waals surface area contributed by atoms with E-state index in [9.17, 15) is 4.91 Å². The fraction of sp³-hybridized carbons (Fsp3) is 0. The largest absolute Gasteiger partial charge is 0.340 e. The van der Waals surface area contributed by atoms with Gasteiger partial charge in [-0.25, -0.2) is 4.98 Å². The highest BCUT2D eigenvalue weighted by Crippen LogP contribution is 2.18. The van der Waals surface area contributed by atoms with Gasteiger partial charge in [-0.2, -0.15) is 9.97 Å². The van der Waals surface area contributed by atoms with E-state index in [1.165, 1.54) is 6.33 Å². The number of hydrogen-bond acceptors (Lipinski definition) is 7. The molecule has 0 atom stereocenters. The molecule has 13 heavy (non-hydrogen) atoms. The SMILES string of the molecule is O=Nc1nc(NO)c2[nH]cnc2n1. The molecule has 0 aromatic carbocycles. The van der Waals surface area contributed by atoms with Gasteiger partial charge in [0.2, 0.25) is 0 Å². The Morgan fingerprint density at radius 2 is 2.38 bits per heavy atom. The highest BCUT2D eigenvalue weighted by atomic mass is 16.5. The molecule has 2 rings (SSSR count). The molecule has 3 N–H and O–H groups in total. The van der Waals surface area contributed by atoms with Crippen LogP contribution < -0.4 is 5.48 Å². The Morgan fingerprint density at radius 3 is 3.08 bits per heavy atom. The van der Waals surface area contributed by atoms with Crippen molar-refractivity contribution in [1.82, 2.24) is 19.9 Å². The first kappa shape index (κ1) is 7.55. The fourth-order valence-corrected chi connectivity index (χ4v) is 0.943. The molecule has 0 unspecified atom stereocenters. The van der Waals surface area contributed by atoms with Gasteiger partial charge in [-0.1, -0.05) is 0 Å². The van der Waals surface area contributed by atoms with Crippen molar-refractivity contribution in [3.8, 4) is 0 Å². The van der Waals surface area contributed by atoms with Gasteiger partial charge in [0.25, 0.3) is 5.95 Å². The Kier molecular flexibility index (Phi) is 1.60. The summed E-state index contributed by atoms with van der Waals surface area (Å²) in [6.07, 6.45) is 1.37. The van der Waals surface area contributed by atoms with E-state index in [0.717, 1.165) is 0 Å². The molecular weight excluding hydrogens is 176 g/mol. The van der Waals surface area contributed by atoms with Crippen LogP contribution in [0, 0.1) is 4.91 Å². The minimum Gasteiger partial charge on any atom is -0.340 e. The van der Waals surface area contributed by atoms with Crippen LogP contribution in [0.25, 0.3) is 11.2 Å².